The highest BCUT2D eigenvalue weighted by molar-refractivity contribution is 9.09. The molecule has 0 atom stereocenters. The molecule has 0 unspecified atom stereocenters. The summed E-state index contributed by atoms with van der Waals surface area (Å²) in [5, 5.41) is 0.899. The van der Waals surface area contributed by atoms with E-state index in [0.29, 0.717) is 23.7 Å². The second-order valence-corrected chi connectivity index (χ2v) is 5.29. The smallest absolute Gasteiger partial charge is 0.161 e. The Morgan fingerprint density at radius 2 is 1.90 bits per heavy atom. The second-order valence-electron chi connectivity index (χ2n) is 4.50. The Hall–Kier alpha value is -1.81. The summed E-state index contributed by atoms with van der Waals surface area (Å²) in [5.41, 5.74) is 2.63. The lowest BCUT2D eigenvalue weighted by Crippen LogP contribution is -2.00. The van der Waals surface area contributed by atoms with Crippen LogP contribution in [-0.4, -0.2) is 25.3 Å². The molecule has 2 aromatic carbocycles. The number of ether oxygens (including phenoxy) is 2. The summed E-state index contributed by atoms with van der Waals surface area (Å²) in [6.07, 6.45) is 1.77. The number of rotatable bonds is 7. The van der Waals surface area contributed by atoms with Crippen molar-refractivity contribution >= 4 is 22.2 Å². The molecule has 2 aromatic rings. The van der Waals surface area contributed by atoms with Crippen molar-refractivity contribution in [2.45, 2.75) is 6.42 Å². The van der Waals surface area contributed by atoms with Crippen LogP contribution in [-0.2, 0) is 0 Å². The largest absolute Gasteiger partial charge is 0.493 e. The summed E-state index contributed by atoms with van der Waals surface area (Å²) in [6.45, 7) is 0.624. The van der Waals surface area contributed by atoms with Crippen LogP contribution in [0.15, 0.2) is 42.5 Å². The molecule has 0 bridgehead atoms. The standard InChI is InChI=1S/C17H17BrO3/c1-20-16-7-6-15(11-17(16)21-9-3-8-18)14-5-2-4-13(10-14)12-19/h2,4-7,10-12H,3,8-9H2,1H3. The molecule has 0 aliphatic carbocycles. The number of benzene rings is 2. The Balaban J connectivity index is 2.31. The highest BCUT2D eigenvalue weighted by Crippen LogP contribution is 2.32. The molecule has 0 aliphatic heterocycles. The van der Waals surface area contributed by atoms with Gasteiger partial charge in [0.1, 0.15) is 6.29 Å². The molecule has 3 nitrogen and oxygen atoms in total. The first-order valence-corrected chi connectivity index (χ1v) is 7.83. The van der Waals surface area contributed by atoms with Crippen molar-refractivity contribution in [2.75, 3.05) is 19.0 Å². The average molecular weight is 349 g/mol. The first kappa shape index (κ1) is 15.6. The summed E-state index contributed by atoms with van der Waals surface area (Å²) in [4.78, 5) is 10.9. The van der Waals surface area contributed by atoms with Gasteiger partial charge >= 0.3 is 0 Å². The minimum absolute atomic E-state index is 0.624. The highest BCUT2D eigenvalue weighted by Gasteiger charge is 2.07. The number of carbonyl (C=O) groups excluding carboxylic acids is 1. The van der Waals surface area contributed by atoms with Crippen molar-refractivity contribution in [3.8, 4) is 22.6 Å². The van der Waals surface area contributed by atoms with Crippen LogP contribution in [0.5, 0.6) is 11.5 Å². The normalized spacial score (nSPS) is 10.2. The summed E-state index contributed by atoms with van der Waals surface area (Å²) < 4.78 is 11.1. The first-order chi connectivity index (χ1) is 10.3. The van der Waals surface area contributed by atoms with E-state index in [0.717, 1.165) is 29.2 Å². The van der Waals surface area contributed by atoms with Gasteiger partial charge < -0.3 is 9.47 Å². The molecule has 2 rings (SSSR count). The molecule has 0 aliphatic rings. The Bertz CT molecular complexity index is 611. The van der Waals surface area contributed by atoms with Crippen LogP contribution in [0.25, 0.3) is 11.1 Å². The van der Waals surface area contributed by atoms with Gasteiger partial charge in [-0.1, -0.05) is 40.2 Å². The van der Waals surface area contributed by atoms with Crippen LogP contribution in [0, 0.1) is 0 Å². The Kier molecular flexibility index (Phi) is 5.81. The zero-order valence-corrected chi connectivity index (χ0v) is 13.4. The average Bonchev–Trinajstić information content (AvgIpc) is 2.55. The van der Waals surface area contributed by atoms with E-state index >= 15 is 0 Å². The summed E-state index contributed by atoms with van der Waals surface area (Å²) in [6, 6.07) is 13.3. The number of aldehydes is 1. The van der Waals surface area contributed by atoms with Gasteiger partial charge in [-0.25, -0.2) is 0 Å². The van der Waals surface area contributed by atoms with Gasteiger partial charge in [-0.15, -0.1) is 0 Å². The minimum atomic E-state index is 0.624. The van der Waals surface area contributed by atoms with Gasteiger partial charge in [-0.05, 0) is 35.7 Å². The molecule has 0 N–H and O–H groups in total. The van der Waals surface area contributed by atoms with Gasteiger partial charge in [-0.2, -0.15) is 0 Å². The zero-order valence-electron chi connectivity index (χ0n) is 11.8. The van der Waals surface area contributed by atoms with Gasteiger partial charge in [0.2, 0.25) is 0 Å². The van der Waals surface area contributed by atoms with Crippen molar-refractivity contribution in [2.24, 2.45) is 0 Å². The number of hydrogen-bond donors (Lipinski definition) is 0. The highest BCUT2D eigenvalue weighted by atomic mass is 79.9. The molecule has 0 aromatic heterocycles. The van der Waals surface area contributed by atoms with Gasteiger partial charge in [0.05, 0.1) is 13.7 Å². The molecule has 0 heterocycles. The van der Waals surface area contributed by atoms with E-state index in [4.69, 9.17) is 9.47 Å². The third kappa shape index (κ3) is 4.08. The van der Waals surface area contributed by atoms with Crippen LogP contribution in [0.4, 0.5) is 0 Å². The Morgan fingerprint density at radius 3 is 2.62 bits per heavy atom. The number of alkyl halides is 1. The van der Waals surface area contributed by atoms with E-state index in [2.05, 4.69) is 15.9 Å². The van der Waals surface area contributed by atoms with Crippen LogP contribution in [0.2, 0.25) is 0 Å². The van der Waals surface area contributed by atoms with Crippen molar-refractivity contribution < 1.29 is 14.3 Å². The summed E-state index contributed by atoms with van der Waals surface area (Å²) in [5.74, 6) is 1.42. The monoisotopic (exact) mass is 348 g/mol. The lowest BCUT2D eigenvalue weighted by Gasteiger charge is -2.12. The van der Waals surface area contributed by atoms with E-state index in [1.54, 1.807) is 13.2 Å². The predicted molar refractivity (Wildman–Crippen MR) is 87.7 cm³/mol. The zero-order chi connectivity index (χ0) is 15.1. The predicted octanol–water partition coefficient (Wildman–Crippen LogP) is 4.34. The molecule has 21 heavy (non-hydrogen) atoms. The number of carbonyl (C=O) groups is 1. The van der Waals surface area contributed by atoms with E-state index in [9.17, 15) is 4.79 Å². The quantitative estimate of drug-likeness (QED) is 0.424. The first-order valence-electron chi connectivity index (χ1n) is 6.71. The molecule has 0 saturated heterocycles. The minimum Gasteiger partial charge on any atom is -0.493 e. The SMILES string of the molecule is COc1ccc(-c2cccc(C=O)c2)cc1OCCCBr. The van der Waals surface area contributed by atoms with Crippen molar-refractivity contribution in [1.29, 1.82) is 0 Å². The third-order valence-corrected chi connectivity index (χ3v) is 3.62. The topological polar surface area (TPSA) is 35.5 Å². The molecular formula is C17H17BrO3. The van der Waals surface area contributed by atoms with Crippen LogP contribution >= 0.6 is 15.9 Å². The van der Waals surface area contributed by atoms with Crippen LogP contribution in [0.1, 0.15) is 16.8 Å². The number of hydrogen-bond acceptors (Lipinski definition) is 3. The fourth-order valence-electron chi connectivity index (χ4n) is 2.00. The molecule has 0 saturated carbocycles. The number of methoxy groups -OCH3 is 1. The third-order valence-electron chi connectivity index (χ3n) is 3.06. The van der Waals surface area contributed by atoms with Crippen molar-refractivity contribution in [1.82, 2.24) is 0 Å². The summed E-state index contributed by atoms with van der Waals surface area (Å²) in [7, 11) is 1.62. The molecule has 0 radical (unpaired) electrons. The van der Waals surface area contributed by atoms with Gasteiger partial charge in [0.25, 0.3) is 0 Å². The molecular weight excluding hydrogens is 332 g/mol. The maximum absolute atomic E-state index is 10.9. The maximum Gasteiger partial charge on any atom is 0.161 e. The molecule has 0 spiro atoms. The maximum atomic E-state index is 10.9. The Labute approximate surface area is 133 Å². The fraction of sp³-hybridized carbons (Fsp3) is 0.235. The van der Waals surface area contributed by atoms with Crippen molar-refractivity contribution in [3.05, 3.63) is 48.0 Å². The number of halogens is 1. The lowest BCUT2D eigenvalue weighted by atomic mass is 10.0. The fourth-order valence-corrected chi connectivity index (χ4v) is 2.23. The van der Waals surface area contributed by atoms with Gasteiger partial charge in [0.15, 0.2) is 11.5 Å². The van der Waals surface area contributed by atoms with Crippen LogP contribution in [0.3, 0.4) is 0 Å². The van der Waals surface area contributed by atoms with Crippen molar-refractivity contribution in [3.63, 3.8) is 0 Å². The summed E-state index contributed by atoms with van der Waals surface area (Å²) >= 11 is 3.38. The van der Waals surface area contributed by atoms with E-state index in [-0.39, 0.29) is 0 Å². The van der Waals surface area contributed by atoms with E-state index in [1.807, 2.05) is 36.4 Å². The second kappa shape index (κ2) is 7.84. The van der Waals surface area contributed by atoms with Gasteiger partial charge in [0, 0.05) is 10.9 Å². The Morgan fingerprint density at radius 1 is 1.10 bits per heavy atom. The van der Waals surface area contributed by atoms with Gasteiger partial charge in [-0.3, -0.25) is 4.79 Å². The molecule has 0 fully saturated rings. The van der Waals surface area contributed by atoms with E-state index < -0.39 is 0 Å². The molecule has 4 heteroatoms. The molecule has 110 valence electrons. The molecule has 0 amide bonds. The van der Waals surface area contributed by atoms with Crippen LogP contribution < -0.4 is 9.47 Å². The lowest BCUT2D eigenvalue weighted by molar-refractivity contribution is 0.112. The van der Waals surface area contributed by atoms with E-state index in [1.165, 1.54) is 0 Å².